The normalized spacial score (nSPS) is 12.6. The maximum absolute atomic E-state index is 10.9. The average Bonchev–Trinajstić information content (AvgIpc) is 2.05. The van der Waals surface area contributed by atoms with Gasteiger partial charge in [-0.25, -0.2) is 4.79 Å². The third kappa shape index (κ3) is 5.77. The van der Waals surface area contributed by atoms with Gasteiger partial charge in [-0.2, -0.15) is 0 Å². The molecule has 0 bridgehead atoms. The van der Waals surface area contributed by atoms with Crippen molar-refractivity contribution < 1.29 is 14.6 Å². The second-order valence-corrected chi connectivity index (χ2v) is 3.59. The van der Waals surface area contributed by atoms with E-state index in [0.717, 1.165) is 17.3 Å². The Morgan fingerprint density at radius 1 is 1.67 bits per heavy atom. The van der Waals surface area contributed by atoms with Crippen LogP contribution in [0.25, 0.3) is 0 Å². The van der Waals surface area contributed by atoms with Crippen LogP contribution in [-0.2, 0) is 9.53 Å². The molecule has 0 heterocycles. The quantitative estimate of drug-likeness (QED) is 0.348. The molecule has 0 aromatic carbocycles. The van der Waals surface area contributed by atoms with Gasteiger partial charge in [0.25, 0.3) is 0 Å². The minimum atomic E-state index is -0.932. The number of rotatable bonds is 6. The van der Waals surface area contributed by atoms with Crippen molar-refractivity contribution in [1.29, 1.82) is 0 Å². The first-order chi connectivity index (χ1) is 5.72. The van der Waals surface area contributed by atoms with Crippen LogP contribution in [0.15, 0.2) is 0 Å². The Labute approximate surface area is 86.6 Å². The number of carbonyl (C=O) groups is 1. The standard InChI is InChI=1S/C8H15IO3/c1-2-3-6-12-8(11)7(10)4-5-9/h7,10H,2-6H2,1H3/t7-/m0/s1. The number of carbonyl (C=O) groups excluding carboxylic acids is 1. The Morgan fingerprint density at radius 3 is 2.83 bits per heavy atom. The number of esters is 1. The summed E-state index contributed by atoms with van der Waals surface area (Å²) in [7, 11) is 0. The van der Waals surface area contributed by atoms with Crippen molar-refractivity contribution in [3.63, 3.8) is 0 Å². The van der Waals surface area contributed by atoms with Crippen LogP contribution in [0.4, 0.5) is 0 Å². The van der Waals surface area contributed by atoms with Crippen LogP contribution >= 0.6 is 22.6 Å². The predicted molar refractivity (Wildman–Crippen MR) is 55.4 cm³/mol. The lowest BCUT2D eigenvalue weighted by molar-refractivity contribution is -0.153. The fraction of sp³-hybridized carbons (Fsp3) is 0.875. The smallest absolute Gasteiger partial charge is 0.334 e. The highest BCUT2D eigenvalue weighted by Crippen LogP contribution is 1.99. The highest BCUT2D eigenvalue weighted by atomic mass is 127. The van der Waals surface area contributed by atoms with Crippen molar-refractivity contribution >= 4 is 28.6 Å². The van der Waals surface area contributed by atoms with Crippen molar-refractivity contribution in [3.8, 4) is 0 Å². The van der Waals surface area contributed by atoms with Gasteiger partial charge in [0, 0.05) is 4.43 Å². The van der Waals surface area contributed by atoms with Gasteiger partial charge in [0.1, 0.15) is 0 Å². The highest BCUT2D eigenvalue weighted by Gasteiger charge is 2.14. The molecule has 0 unspecified atom stereocenters. The van der Waals surface area contributed by atoms with Gasteiger partial charge in [-0.05, 0) is 12.8 Å². The molecule has 0 amide bonds. The predicted octanol–water partition coefficient (Wildman–Crippen LogP) is 1.52. The first-order valence-corrected chi connectivity index (χ1v) is 5.65. The molecule has 0 aliphatic heterocycles. The van der Waals surface area contributed by atoms with Gasteiger partial charge in [-0.15, -0.1) is 0 Å². The van der Waals surface area contributed by atoms with Crippen LogP contribution in [0.5, 0.6) is 0 Å². The van der Waals surface area contributed by atoms with Gasteiger partial charge in [0.05, 0.1) is 6.61 Å². The van der Waals surface area contributed by atoms with Gasteiger partial charge in [0.2, 0.25) is 0 Å². The van der Waals surface area contributed by atoms with Crippen molar-refractivity contribution in [2.24, 2.45) is 0 Å². The summed E-state index contributed by atoms with van der Waals surface area (Å²) in [5, 5.41) is 9.14. The molecule has 0 aliphatic rings. The monoisotopic (exact) mass is 286 g/mol. The van der Waals surface area contributed by atoms with Gasteiger partial charge in [-0.1, -0.05) is 35.9 Å². The van der Waals surface area contributed by atoms with Crippen molar-refractivity contribution in [2.45, 2.75) is 32.3 Å². The van der Waals surface area contributed by atoms with E-state index in [0.29, 0.717) is 13.0 Å². The number of hydrogen-bond donors (Lipinski definition) is 1. The second kappa shape index (κ2) is 7.79. The van der Waals surface area contributed by atoms with Crippen LogP contribution in [0, 0.1) is 0 Å². The fourth-order valence-corrected chi connectivity index (χ4v) is 1.22. The molecular weight excluding hydrogens is 271 g/mol. The fourth-order valence-electron chi connectivity index (χ4n) is 0.634. The molecule has 0 saturated carbocycles. The van der Waals surface area contributed by atoms with Crippen LogP contribution in [0.3, 0.4) is 0 Å². The number of ether oxygens (including phenoxy) is 1. The first kappa shape index (κ1) is 12.2. The number of aliphatic hydroxyl groups excluding tert-OH is 1. The van der Waals surface area contributed by atoms with E-state index in [9.17, 15) is 4.79 Å². The molecule has 3 nitrogen and oxygen atoms in total. The summed E-state index contributed by atoms with van der Waals surface area (Å²) in [6, 6.07) is 0. The highest BCUT2D eigenvalue weighted by molar-refractivity contribution is 14.1. The minimum absolute atomic E-state index is 0.424. The molecular formula is C8H15IO3. The van der Waals surface area contributed by atoms with E-state index in [-0.39, 0.29) is 0 Å². The summed E-state index contributed by atoms with van der Waals surface area (Å²) in [5.41, 5.74) is 0. The maximum atomic E-state index is 10.9. The zero-order chi connectivity index (χ0) is 9.40. The lowest BCUT2D eigenvalue weighted by Gasteiger charge is -2.08. The minimum Gasteiger partial charge on any atom is -0.464 e. The molecule has 0 saturated heterocycles. The van der Waals surface area contributed by atoms with E-state index in [1.165, 1.54) is 0 Å². The van der Waals surface area contributed by atoms with Crippen molar-refractivity contribution in [1.82, 2.24) is 0 Å². The van der Waals surface area contributed by atoms with Crippen LogP contribution < -0.4 is 0 Å². The summed E-state index contributed by atoms with van der Waals surface area (Å²) in [6.45, 7) is 2.45. The molecule has 0 aromatic rings. The number of unbranched alkanes of at least 4 members (excludes halogenated alkanes) is 1. The Morgan fingerprint density at radius 2 is 2.33 bits per heavy atom. The van der Waals surface area contributed by atoms with Crippen LogP contribution in [0.2, 0.25) is 0 Å². The molecule has 12 heavy (non-hydrogen) atoms. The second-order valence-electron chi connectivity index (χ2n) is 2.51. The summed E-state index contributed by atoms with van der Waals surface area (Å²) >= 11 is 2.11. The summed E-state index contributed by atoms with van der Waals surface area (Å²) in [6.07, 6.45) is 1.41. The Balaban J connectivity index is 3.43. The summed E-state index contributed by atoms with van der Waals surface area (Å²) < 4.78 is 5.57. The summed E-state index contributed by atoms with van der Waals surface area (Å²) in [4.78, 5) is 10.9. The lowest BCUT2D eigenvalue weighted by atomic mass is 10.3. The Bertz CT molecular complexity index is 127. The van der Waals surface area contributed by atoms with E-state index in [1.807, 2.05) is 6.92 Å². The molecule has 0 radical (unpaired) electrons. The maximum Gasteiger partial charge on any atom is 0.334 e. The molecule has 0 rings (SSSR count). The van der Waals surface area contributed by atoms with Gasteiger partial charge >= 0.3 is 5.97 Å². The lowest BCUT2D eigenvalue weighted by Crippen LogP contribution is -2.23. The van der Waals surface area contributed by atoms with E-state index >= 15 is 0 Å². The van der Waals surface area contributed by atoms with E-state index in [4.69, 9.17) is 9.84 Å². The van der Waals surface area contributed by atoms with Gasteiger partial charge in [-0.3, -0.25) is 0 Å². The van der Waals surface area contributed by atoms with Crippen molar-refractivity contribution in [2.75, 3.05) is 11.0 Å². The molecule has 0 fully saturated rings. The number of aliphatic hydroxyl groups is 1. The molecule has 1 N–H and O–H groups in total. The van der Waals surface area contributed by atoms with E-state index in [2.05, 4.69) is 22.6 Å². The molecule has 0 aromatic heterocycles. The van der Waals surface area contributed by atoms with Crippen molar-refractivity contribution in [3.05, 3.63) is 0 Å². The average molecular weight is 286 g/mol. The molecule has 0 aliphatic carbocycles. The molecule has 1 atom stereocenters. The molecule has 0 spiro atoms. The van der Waals surface area contributed by atoms with E-state index < -0.39 is 12.1 Å². The summed E-state index contributed by atoms with van der Waals surface area (Å²) in [5.74, 6) is -0.486. The number of hydrogen-bond acceptors (Lipinski definition) is 3. The van der Waals surface area contributed by atoms with E-state index in [1.54, 1.807) is 0 Å². The topological polar surface area (TPSA) is 46.5 Å². The third-order valence-corrected chi connectivity index (χ3v) is 2.02. The number of alkyl halides is 1. The Kier molecular flexibility index (Phi) is 7.89. The van der Waals surface area contributed by atoms with Crippen LogP contribution in [0.1, 0.15) is 26.2 Å². The third-order valence-electron chi connectivity index (χ3n) is 1.40. The molecule has 72 valence electrons. The SMILES string of the molecule is CCCCOC(=O)[C@@H](O)CCI. The van der Waals surface area contributed by atoms with Crippen LogP contribution in [-0.4, -0.2) is 28.2 Å². The molecule has 4 heteroatoms. The zero-order valence-electron chi connectivity index (χ0n) is 7.25. The largest absolute Gasteiger partial charge is 0.464 e. The van der Waals surface area contributed by atoms with Gasteiger partial charge < -0.3 is 9.84 Å². The van der Waals surface area contributed by atoms with Gasteiger partial charge in [0.15, 0.2) is 6.10 Å². The first-order valence-electron chi connectivity index (χ1n) is 4.13. The zero-order valence-corrected chi connectivity index (χ0v) is 9.41. The number of halogens is 1. The Hall–Kier alpha value is 0.160.